The molecule has 0 bridgehead atoms. The van der Waals surface area contributed by atoms with E-state index in [0.717, 1.165) is 5.70 Å². The number of terminal acetylenes is 1. The van der Waals surface area contributed by atoms with Gasteiger partial charge in [-0.25, -0.2) is 0 Å². The van der Waals surface area contributed by atoms with Crippen LogP contribution in [0.3, 0.4) is 0 Å². The maximum atomic E-state index is 11.7. The van der Waals surface area contributed by atoms with Gasteiger partial charge in [-0.3, -0.25) is 4.79 Å². The minimum absolute atomic E-state index is 0.0421. The SMILES string of the molecule is C#C/C=C\C(=C/C)N/C=C\C(=O)c1ccccc1. The molecule has 1 aromatic rings. The standard InChI is InChI=1S/C16H15NO/c1-3-5-11-15(4-2)17-13-12-16(18)14-9-7-6-8-10-14/h1,4-13,17H,2H3/b11-5-,13-12-,15-4+. The number of benzene rings is 1. The molecule has 0 aliphatic carbocycles. The van der Waals surface area contributed by atoms with Crippen molar-refractivity contribution in [2.45, 2.75) is 6.92 Å². The molecule has 0 spiro atoms. The van der Waals surface area contributed by atoms with E-state index < -0.39 is 0 Å². The first-order chi connectivity index (χ1) is 8.77. The van der Waals surface area contributed by atoms with Crippen molar-refractivity contribution in [1.29, 1.82) is 0 Å². The summed E-state index contributed by atoms with van der Waals surface area (Å²) in [5, 5.41) is 2.98. The molecule has 0 heterocycles. The first-order valence-corrected chi connectivity index (χ1v) is 5.59. The van der Waals surface area contributed by atoms with Crippen LogP contribution in [0, 0.1) is 12.3 Å². The monoisotopic (exact) mass is 237 g/mol. The summed E-state index contributed by atoms with van der Waals surface area (Å²) in [6.07, 6.45) is 13.4. The van der Waals surface area contributed by atoms with Gasteiger partial charge >= 0.3 is 0 Å². The zero-order valence-electron chi connectivity index (χ0n) is 10.3. The Hall–Kier alpha value is -2.53. The summed E-state index contributed by atoms with van der Waals surface area (Å²) in [6.45, 7) is 1.88. The maximum Gasteiger partial charge on any atom is 0.187 e. The second-order valence-electron chi connectivity index (χ2n) is 3.45. The smallest absolute Gasteiger partial charge is 0.187 e. The van der Waals surface area contributed by atoms with Crippen LogP contribution in [0.4, 0.5) is 0 Å². The van der Waals surface area contributed by atoms with E-state index in [2.05, 4.69) is 11.2 Å². The van der Waals surface area contributed by atoms with E-state index in [1.807, 2.05) is 31.2 Å². The minimum Gasteiger partial charge on any atom is -0.362 e. The van der Waals surface area contributed by atoms with E-state index in [4.69, 9.17) is 6.42 Å². The lowest BCUT2D eigenvalue weighted by Crippen LogP contribution is -2.03. The lowest BCUT2D eigenvalue weighted by Gasteiger charge is -1.99. The Bertz CT molecular complexity index is 516. The van der Waals surface area contributed by atoms with Gasteiger partial charge in [0, 0.05) is 23.5 Å². The molecule has 0 aromatic heterocycles. The molecular formula is C16H15NO. The van der Waals surface area contributed by atoms with Gasteiger partial charge in [0.05, 0.1) is 0 Å². The number of ketones is 1. The van der Waals surface area contributed by atoms with Crippen LogP contribution in [0.5, 0.6) is 0 Å². The third-order valence-corrected chi connectivity index (χ3v) is 2.21. The Morgan fingerprint density at radius 2 is 2.00 bits per heavy atom. The normalized spacial score (nSPS) is 11.7. The number of allylic oxidation sites excluding steroid dienone is 4. The molecule has 2 nitrogen and oxygen atoms in total. The number of carbonyl (C=O) groups excluding carboxylic acids is 1. The molecule has 1 rings (SSSR count). The Morgan fingerprint density at radius 3 is 2.61 bits per heavy atom. The van der Waals surface area contributed by atoms with Gasteiger partial charge in [-0.15, -0.1) is 6.42 Å². The van der Waals surface area contributed by atoms with Crippen molar-refractivity contribution < 1.29 is 4.79 Å². The second kappa shape index (κ2) is 7.70. The van der Waals surface area contributed by atoms with Crippen molar-refractivity contribution >= 4 is 5.78 Å². The zero-order valence-corrected chi connectivity index (χ0v) is 10.3. The Morgan fingerprint density at radius 1 is 1.28 bits per heavy atom. The Kier molecular flexibility index (Phi) is 5.79. The third-order valence-electron chi connectivity index (χ3n) is 2.21. The van der Waals surface area contributed by atoms with Crippen molar-refractivity contribution in [2.24, 2.45) is 0 Å². The largest absolute Gasteiger partial charge is 0.362 e. The third kappa shape index (κ3) is 4.54. The Balaban J connectivity index is 2.59. The van der Waals surface area contributed by atoms with Crippen LogP contribution in [-0.2, 0) is 0 Å². The Labute approximate surface area is 108 Å². The summed E-state index contributed by atoms with van der Waals surface area (Å²) >= 11 is 0. The lowest BCUT2D eigenvalue weighted by atomic mass is 10.1. The average molecular weight is 237 g/mol. The molecule has 0 fully saturated rings. The van der Waals surface area contributed by atoms with Gasteiger partial charge in [0.15, 0.2) is 5.78 Å². The molecule has 0 atom stereocenters. The minimum atomic E-state index is -0.0421. The van der Waals surface area contributed by atoms with Gasteiger partial charge in [-0.05, 0) is 19.1 Å². The quantitative estimate of drug-likeness (QED) is 0.369. The summed E-state index contributed by atoms with van der Waals surface area (Å²) < 4.78 is 0. The topological polar surface area (TPSA) is 29.1 Å². The molecule has 0 amide bonds. The van der Waals surface area contributed by atoms with Crippen LogP contribution < -0.4 is 5.32 Å². The van der Waals surface area contributed by atoms with Gasteiger partial charge in [-0.2, -0.15) is 0 Å². The van der Waals surface area contributed by atoms with E-state index in [9.17, 15) is 4.79 Å². The zero-order chi connectivity index (χ0) is 13.2. The number of hydrogen-bond acceptors (Lipinski definition) is 2. The lowest BCUT2D eigenvalue weighted by molar-refractivity contribution is 0.104. The number of nitrogens with one attached hydrogen (secondary N) is 1. The molecule has 2 heteroatoms. The van der Waals surface area contributed by atoms with Crippen molar-refractivity contribution in [3.8, 4) is 12.3 Å². The summed E-state index contributed by atoms with van der Waals surface area (Å²) in [6, 6.07) is 9.10. The van der Waals surface area contributed by atoms with Crippen LogP contribution in [0.2, 0.25) is 0 Å². The van der Waals surface area contributed by atoms with Crippen LogP contribution in [0.15, 0.2) is 66.5 Å². The van der Waals surface area contributed by atoms with Gasteiger partial charge in [0.1, 0.15) is 0 Å². The highest BCUT2D eigenvalue weighted by Gasteiger charge is 1.98. The molecule has 0 saturated carbocycles. The number of carbonyl (C=O) groups is 1. The molecular weight excluding hydrogens is 222 g/mol. The predicted molar refractivity (Wildman–Crippen MR) is 74.8 cm³/mol. The van der Waals surface area contributed by atoms with E-state index in [1.165, 1.54) is 6.08 Å². The van der Waals surface area contributed by atoms with Crippen LogP contribution in [-0.4, -0.2) is 5.78 Å². The molecule has 0 aliphatic heterocycles. The van der Waals surface area contributed by atoms with Gasteiger partial charge in [0.25, 0.3) is 0 Å². The average Bonchev–Trinajstić information content (AvgIpc) is 2.43. The van der Waals surface area contributed by atoms with Crippen LogP contribution >= 0.6 is 0 Å². The van der Waals surface area contributed by atoms with Crippen molar-refractivity contribution in [1.82, 2.24) is 5.32 Å². The maximum absolute atomic E-state index is 11.7. The molecule has 90 valence electrons. The van der Waals surface area contributed by atoms with Crippen LogP contribution in [0.1, 0.15) is 17.3 Å². The van der Waals surface area contributed by atoms with Gasteiger partial charge in [0.2, 0.25) is 0 Å². The fraction of sp³-hybridized carbons (Fsp3) is 0.0625. The van der Waals surface area contributed by atoms with Crippen molar-refractivity contribution in [3.05, 3.63) is 72.1 Å². The number of hydrogen-bond donors (Lipinski definition) is 1. The van der Waals surface area contributed by atoms with Gasteiger partial charge < -0.3 is 5.32 Å². The first kappa shape index (κ1) is 13.5. The fourth-order valence-electron chi connectivity index (χ4n) is 1.28. The highest BCUT2D eigenvalue weighted by molar-refractivity contribution is 6.04. The van der Waals surface area contributed by atoms with Crippen molar-refractivity contribution in [2.75, 3.05) is 0 Å². The molecule has 1 N–H and O–H groups in total. The van der Waals surface area contributed by atoms with Crippen LogP contribution in [0.25, 0.3) is 0 Å². The van der Waals surface area contributed by atoms with Gasteiger partial charge in [-0.1, -0.05) is 42.3 Å². The molecule has 0 radical (unpaired) electrons. The summed E-state index contributed by atoms with van der Waals surface area (Å²) in [4.78, 5) is 11.7. The first-order valence-electron chi connectivity index (χ1n) is 5.59. The molecule has 0 unspecified atom stereocenters. The molecule has 0 saturated heterocycles. The van der Waals surface area contributed by atoms with E-state index >= 15 is 0 Å². The summed E-state index contributed by atoms with van der Waals surface area (Å²) in [5.74, 6) is 2.36. The molecule has 18 heavy (non-hydrogen) atoms. The van der Waals surface area contributed by atoms with E-state index in [-0.39, 0.29) is 5.78 Å². The van der Waals surface area contributed by atoms with Crippen molar-refractivity contribution in [3.63, 3.8) is 0 Å². The number of rotatable bonds is 5. The summed E-state index contributed by atoms with van der Waals surface area (Å²) in [7, 11) is 0. The molecule has 1 aromatic carbocycles. The van der Waals surface area contributed by atoms with E-state index in [1.54, 1.807) is 30.5 Å². The predicted octanol–water partition coefficient (Wildman–Crippen LogP) is 3.07. The summed E-state index contributed by atoms with van der Waals surface area (Å²) in [5.41, 5.74) is 1.50. The van der Waals surface area contributed by atoms with E-state index in [0.29, 0.717) is 5.56 Å². The highest BCUT2D eigenvalue weighted by atomic mass is 16.1. The highest BCUT2D eigenvalue weighted by Crippen LogP contribution is 2.00. The fourth-order valence-corrected chi connectivity index (χ4v) is 1.28. The molecule has 0 aliphatic rings. The second-order valence-corrected chi connectivity index (χ2v) is 3.45.